The quantitative estimate of drug-likeness (QED) is 0.854. The minimum atomic E-state index is 0.124. The Morgan fingerprint density at radius 3 is 2.94 bits per heavy atom. The summed E-state index contributed by atoms with van der Waals surface area (Å²) in [7, 11) is 0. The zero-order valence-electron chi connectivity index (χ0n) is 9.66. The van der Waals surface area contributed by atoms with Crippen LogP contribution in [0.5, 0.6) is 0 Å². The molecular weight excluding hydrogens is 200 g/mol. The molecule has 0 aliphatic heterocycles. The largest absolute Gasteiger partial charge is 0.464 e. The fourth-order valence-corrected chi connectivity index (χ4v) is 2.21. The van der Waals surface area contributed by atoms with Crippen LogP contribution in [0.25, 0.3) is 11.0 Å². The van der Waals surface area contributed by atoms with Gasteiger partial charge in [0.2, 0.25) is 0 Å². The molecule has 3 rings (SSSR count). The summed E-state index contributed by atoms with van der Waals surface area (Å²) >= 11 is 0. The Morgan fingerprint density at radius 2 is 2.19 bits per heavy atom. The minimum Gasteiger partial charge on any atom is -0.464 e. The van der Waals surface area contributed by atoms with Crippen molar-refractivity contribution in [3.8, 4) is 0 Å². The van der Waals surface area contributed by atoms with E-state index < -0.39 is 0 Å². The maximum Gasteiger partial charge on any atom is 0.139 e. The van der Waals surface area contributed by atoms with Crippen molar-refractivity contribution in [2.24, 2.45) is 5.92 Å². The van der Waals surface area contributed by atoms with E-state index in [0.717, 1.165) is 22.7 Å². The van der Waals surface area contributed by atoms with E-state index in [-0.39, 0.29) is 5.54 Å². The Kier molecular flexibility index (Phi) is 1.96. The summed E-state index contributed by atoms with van der Waals surface area (Å²) in [6.45, 7) is 4.48. The van der Waals surface area contributed by atoms with Crippen LogP contribution in [-0.2, 0) is 0 Å². The molecule has 0 saturated heterocycles. The van der Waals surface area contributed by atoms with E-state index in [9.17, 15) is 0 Å². The predicted molar refractivity (Wildman–Crippen MR) is 64.4 cm³/mol. The second-order valence-electron chi connectivity index (χ2n) is 5.11. The summed E-state index contributed by atoms with van der Waals surface area (Å²) in [6.07, 6.45) is 6.14. The molecule has 1 N–H and O–H groups in total. The molecule has 1 saturated carbocycles. The van der Waals surface area contributed by atoms with Gasteiger partial charge >= 0.3 is 0 Å². The normalized spacial score (nSPS) is 16.6. The fourth-order valence-electron chi connectivity index (χ4n) is 2.21. The first-order valence-electron chi connectivity index (χ1n) is 5.77. The molecule has 2 aromatic rings. The number of furan rings is 1. The number of hydrogen-bond donors (Lipinski definition) is 1. The molecule has 0 aromatic carbocycles. The molecule has 2 heterocycles. The van der Waals surface area contributed by atoms with Crippen LogP contribution >= 0.6 is 0 Å². The van der Waals surface area contributed by atoms with Crippen molar-refractivity contribution in [1.82, 2.24) is 4.98 Å². The van der Waals surface area contributed by atoms with E-state index in [1.807, 2.05) is 12.1 Å². The Hall–Kier alpha value is -1.51. The number of pyridine rings is 1. The lowest BCUT2D eigenvalue weighted by Crippen LogP contribution is -2.33. The van der Waals surface area contributed by atoms with Crippen LogP contribution in [0.1, 0.15) is 26.7 Å². The third-order valence-corrected chi connectivity index (χ3v) is 3.42. The van der Waals surface area contributed by atoms with Crippen LogP contribution in [-0.4, -0.2) is 10.5 Å². The van der Waals surface area contributed by atoms with E-state index in [1.165, 1.54) is 12.8 Å². The first-order chi connectivity index (χ1) is 7.67. The highest BCUT2D eigenvalue weighted by atomic mass is 16.3. The van der Waals surface area contributed by atoms with Crippen molar-refractivity contribution in [3.05, 3.63) is 24.6 Å². The molecule has 0 atom stereocenters. The van der Waals surface area contributed by atoms with Crippen molar-refractivity contribution < 1.29 is 4.42 Å². The van der Waals surface area contributed by atoms with Gasteiger partial charge in [-0.3, -0.25) is 0 Å². The number of rotatable bonds is 3. The monoisotopic (exact) mass is 216 g/mol. The molecule has 1 aliphatic rings. The fraction of sp³-hybridized carbons (Fsp3) is 0.462. The summed E-state index contributed by atoms with van der Waals surface area (Å²) in [4.78, 5) is 4.40. The van der Waals surface area contributed by atoms with Crippen LogP contribution < -0.4 is 5.32 Å². The molecular formula is C13H16N2O. The molecule has 0 bridgehead atoms. The van der Waals surface area contributed by atoms with Gasteiger partial charge < -0.3 is 9.73 Å². The van der Waals surface area contributed by atoms with Gasteiger partial charge in [-0.2, -0.15) is 0 Å². The maximum absolute atomic E-state index is 5.37. The van der Waals surface area contributed by atoms with Crippen LogP contribution in [0.15, 0.2) is 29.0 Å². The third-order valence-electron chi connectivity index (χ3n) is 3.42. The van der Waals surface area contributed by atoms with Gasteiger partial charge in [0.1, 0.15) is 11.4 Å². The molecule has 3 nitrogen and oxygen atoms in total. The van der Waals surface area contributed by atoms with Crippen molar-refractivity contribution in [2.75, 3.05) is 5.32 Å². The number of nitrogens with zero attached hydrogens (tertiary/aromatic N) is 1. The lowest BCUT2D eigenvalue weighted by molar-refractivity contribution is 0.493. The van der Waals surface area contributed by atoms with Crippen LogP contribution in [0.2, 0.25) is 0 Å². The standard InChI is InChI=1S/C13H16N2O/c1-13(2,9-3-4-9)15-12-10-6-8-16-11(10)5-7-14-12/h5-9H,3-4H2,1-2H3,(H,14,15). The van der Waals surface area contributed by atoms with Crippen LogP contribution in [0.4, 0.5) is 5.82 Å². The molecule has 3 heteroatoms. The third kappa shape index (κ3) is 1.56. The Balaban J connectivity index is 1.96. The Labute approximate surface area is 94.9 Å². The molecule has 16 heavy (non-hydrogen) atoms. The molecule has 0 radical (unpaired) electrons. The van der Waals surface area contributed by atoms with E-state index >= 15 is 0 Å². The van der Waals surface area contributed by atoms with E-state index in [1.54, 1.807) is 12.5 Å². The highest BCUT2D eigenvalue weighted by Gasteiger charge is 2.38. The molecule has 0 unspecified atom stereocenters. The first-order valence-corrected chi connectivity index (χ1v) is 5.77. The number of anilines is 1. The molecule has 1 fully saturated rings. The topological polar surface area (TPSA) is 38.1 Å². The predicted octanol–water partition coefficient (Wildman–Crippen LogP) is 3.43. The molecule has 1 aliphatic carbocycles. The maximum atomic E-state index is 5.37. The second-order valence-corrected chi connectivity index (χ2v) is 5.11. The first kappa shape index (κ1) is 9.70. The Morgan fingerprint density at radius 1 is 1.38 bits per heavy atom. The Bertz CT molecular complexity index is 511. The second kappa shape index (κ2) is 3.24. The summed E-state index contributed by atoms with van der Waals surface area (Å²) in [5, 5.41) is 4.60. The lowest BCUT2D eigenvalue weighted by atomic mass is 9.98. The number of aromatic nitrogens is 1. The van der Waals surface area contributed by atoms with E-state index in [4.69, 9.17) is 4.42 Å². The van der Waals surface area contributed by atoms with Gasteiger partial charge in [-0.05, 0) is 44.7 Å². The number of fused-ring (bicyclic) bond motifs is 1. The van der Waals surface area contributed by atoms with E-state index in [0.29, 0.717) is 0 Å². The van der Waals surface area contributed by atoms with Gasteiger partial charge in [0.25, 0.3) is 0 Å². The molecule has 2 aromatic heterocycles. The molecule has 0 amide bonds. The molecule has 0 spiro atoms. The highest BCUT2D eigenvalue weighted by Crippen LogP contribution is 2.41. The van der Waals surface area contributed by atoms with Crippen LogP contribution in [0.3, 0.4) is 0 Å². The SMILES string of the molecule is CC(C)(Nc1nccc2occc12)C1CC1. The van der Waals surface area contributed by atoms with Gasteiger partial charge in [0.15, 0.2) is 0 Å². The average Bonchev–Trinajstić information content (AvgIpc) is 2.98. The average molecular weight is 216 g/mol. The zero-order valence-corrected chi connectivity index (χ0v) is 9.66. The summed E-state index contributed by atoms with van der Waals surface area (Å²) < 4.78 is 5.37. The van der Waals surface area contributed by atoms with Crippen molar-refractivity contribution in [3.63, 3.8) is 0 Å². The van der Waals surface area contributed by atoms with Gasteiger partial charge in [-0.15, -0.1) is 0 Å². The van der Waals surface area contributed by atoms with E-state index in [2.05, 4.69) is 24.1 Å². The molecule has 84 valence electrons. The summed E-state index contributed by atoms with van der Waals surface area (Å²) in [5.41, 5.74) is 1.02. The van der Waals surface area contributed by atoms with Gasteiger partial charge in [0, 0.05) is 11.7 Å². The van der Waals surface area contributed by atoms with Crippen molar-refractivity contribution in [1.29, 1.82) is 0 Å². The van der Waals surface area contributed by atoms with Gasteiger partial charge in [-0.25, -0.2) is 4.98 Å². The zero-order chi connectivity index (χ0) is 11.2. The van der Waals surface area contributed by atoms with Crippen LogP contribution in [0, 0.1) is 5.92 Å². The summed E-state index contributed by atoms with van der Waals surface area (Å²) in [6, 6.07) is 3.86. The van der Waals surface area contributed by atoms with Crippen molar-refractivity contribution in [2.45, 2.75) is 32.2 Å². The smallest absolute Gasteiger partial charge is 0.139 e. The van der Waals surface area contributed by atoms with Gasteiger partial charge in [0.05, 0.1) is 11.6 Å². The van der Waals surface area contributed by atoms with Crippen molar-refractivity contribution >= 4 is 16.8 Å². The number of nitrogens with one attached hydrogen (secondary N) is 1. The highest BCUT2D eigenvalue weighted by molar-refractivity contribution is 5.88. The summed E-state index contributed by atoms with van der Waals surface area (Å²) in [5.74, 6) is 1.71. The minimum absolute atomic E-state index is 0.124. The van der Waals surface area contributed by atoms with Gasteiger partial charge in [-0.1, -0.05) is 0 Å². The lowest BCUT2D eigenvalue weighted by Gasteiger charge is -2.27. The number of hydrogen-bond acceptors (Lipinski definition) is 3.